The highest BCUT2D eigenvalue weighted by Crippen LogP contribution is 2.34. The van der Waals surface area contributed by atoms with Gasteiger partial charge in [0.05, 0.1) is 12.1 Å². The minimum atomic E-state index is 0.221. The van der Waals surface area contributed by atoms with Crippen molar-refractivity contribution >= 4 is 10.9 Å². The fraction of sp³-hybridized carbons (Fsp3) is 0.364. The fourth-order valence-corrected chi connectivity index (χ4v) is 3.85. The zero-order chi connectivity index (χ0) is 17.2. The maximum Gasteiger partial charge on any atom is 0.119 e. The van der Waals surface area contributed by atoms with Crippen LogP contribution in [0.2, 0.25) is 0 Å². The van der Waals surface area contributed by atoms with Crippen LogP contribution in [-0.2, 0) is 6.42 Å². The van der Waals surface area contributed by atoms with E-state index in [1.807, 2.05) is 0 Å². The van der Waals surface area contributed by atoms with Gasteiger partial charge in [0.1, 0.15) is 5.75 Å². The molecule has 3 nitrogen and oxygen atoms in total. The number of rotatable bonds is 5. The average molecular weight is 334 g/mol. The number of hydrogen-bond donors (Lipinski definition) is 2. The third kappa shape index (κ3) is 3.05. The number of para-hydroxylation sites is 1. The summed E-state index contributed by atoms with van der Waals surface area (Å²) in [5.41, 5.74) is 5.28. The molecule has 4 rings (SSSR count). The van der Waals surface area contributed by atoms with Gasteiger partial charge in [0, 0.05) is 23.1 Å². The van der Waals surface area contributed by atoms with Gasteiger partial charge in [-0.3, -0.25) is 0 Å². The number of H-pyrrole nitrogens is 1. The highest BCUT2D eigenvalue weighted by atomic mass is 16.5. The Hall–Kier alpha value is -2.26. The lowest BCUT2D eigenvalue weighted by Crippen LogP contribution is -2.30. The molecular weight excluding hydrogens is 308 g/mol. The molecule has 0 bridgehead atoms. The Labute approximate surface area is 149 Å². The van der Waals surface area contributed by atoms with E-state index in [9.17, 15) is 0 Å². The Kier molecular flexibility index (Phi) is 4.50. The lowest BCUT2D eigenvalue weighted by molar-refractivity contribution is 0.193. The van der Waals surface area contributed by atoms with Crippen molar-refractivity contribution in [2.45, 2.75) is 45.3 Å². The van der Waals surface area contributed by atoms with Crippen LogP contribution in [0.1, 0.15) is 49.6 Å². The monoisotopic (exact) mass is 334 g/mol. The predicted octanol–water partition coefficient (Wildman–Crippen LogP) is 4.97. The standard InChI is InChI=1S/C22H26N2O/c1-3-16(4-2)25-17-11-9-15(10-12-17)21-22-19(13-14-23-21)18-7-5-6-8-20(18)24-22/h5-12,16,21,23-24H,3-4,13-14H2,1-2H3/t21-/m0/s1. The van der Waals surface area contributed by atoms with Gasteiger partial charge in [0.25, 0.3) is 0 Å². The summed E-state index contributed by atoms with van der Waals surface area (Å²) in [5, 5.41) is 5.02. The van der Waals surface area contributed by atoms with Gasteiger partial charge in [0.2, 0.25) is 0 Å². The van der Waals surface area contributed by atoms with Gasteiger partial charge >= 0.3 is 0 Å². The van der Waals surface area contributed by atoms with E-state index in [0.717, 1.165) is 31.6 Å². The van der Waals surface area contributed by atoms with Gasteiger partial charge in [-0.05, 0) is 48.6 Å². The molecule has 0 aliphatic carbocycles. The summed E-state index contributed by atoms with van der Waals surface area (Å²) >= 11 is 0. The van der Waals surface area contributed by atoms with Crippen molar-refractivity contribution in [3.63, 3.8) is 0 Å². The molecule has 0 unspecified atom stereocenters. The molecule has 0 saturated heterocycles. The molecule has 0 saturated carbocycles. The second kappa shape index (κ2) is 6.93. The fourth-order valence-electron chi connectivity index (χ4n) is 3.85. The quantitative estimate of drug-likeness (QED) is 0.691. The van der Waals surface area contributed by atoms with Gasteiger partial charge in [-0.25, -0.2) is 0 Å². The highest BCUT2D eigenvalue weighted by molar-refractivity contribution is 5.85. The van der Waals surface area contributed by atoms with Gasteiger partial charge in [-0.15, -0.1) is 0 Å². The zero-order valence-electron chi connectivity index (χ0n) is 15.0. The third-order valence-corrected chi connectivity index (χ3v) is 5.29. The molecule has 25 heavy (non-hydrogen) atoms. The van der Waals surface area contributed by atoms with E-state index in [0.29, 0.717) is 6.10 Å². The van der Waals surface area contributed by atoms with Crippen LogP contribution in [0, 0.1) is 0 Å². The molecule has 3 aromatic rings. The van der Waals surface area contributed by atoms with Gasteiger partial charge in [-0.1, -0.05) is 44.2 Å². The van der Waals surface area contributed by atoms with E-state index in [1.165, 1.54) is 27.7 Å². The Morgan fingerprint density at radius 2 is 1.80 bits per heavy atom. The van der Waals surface area contributed by atoms with Gasteiger partial charge in [-0.2, -0.15) is 0 Å². The van der Waals surface area contributed by atoms with Crippen LogP contribution in [0.3, 0.4) is 0 Å². The minimum absolute atomic E-state index is 0.221. The Balaban J connectivity index is 1.63. The predicted molar refractivity (Wildman–Crippen MR) is 103 cm³/mol. The van der Waals surface area contributed by atoms with Crippen LogP contribution >= 0.6 is 0 Å². The minimum Gasteiger partial charge on any atom is -0.490 e. The summed E-state index contributed by atoms with van der Waals surface area (Å²) in [7, 11) is 0. The van der Waals surface area contributed by atoms with Crippen molar-refractivity contribution in [1.82, 2.24) is 10.3 Å². The molecule has 1 atom stereocenters. The first-order valence-corrected chi connectivity index (χ1v) is 9.39. The number of hydrogen-bond acceptors (Lipinski definition) is 2. The molecule has 1 aliphatic rings. The van der Waals surface area contributed by atoms with E-state index >= 15 is 0 Å². The van der Waals surface area contributed by atoms with Gasteiger partial charge < -0.3 is 15.0 Å². The number of aromatic nitrogens is 1. The number of fused-ring (bicyclic) bond motifs is 3. The molecule has 3 heteroatoms. The molecule has 0 spiro atoms. The van der Waals surface area contributed by atoms with Crippen LogP contribution in [0.15, 0.2) is 48.5 Å². The van der Waals surface area contributed by atoms with Crippen LogP contribution < -0.4 is 10.1 Å². The average Bonchev–Trinajstić information content (AvgIpc) is 3.05. The van der Waals surface area contributed by atoms with E-state index < -0.39 is 0 Å². The smallest absolute Gasteiger partial charge is 0.119 e. The first kappa shape index (κ1) is 16.2. The van der Waals surface area contributed by atoms with Gasteiger partial charge in [0.15, 0.2) is 0 Å². The maximum atomic E-state index is 6.04. The number of ether oxygens (including phenoxy) is 1. The lowest BCUT2D eigenvalue weighted by atomic mass is 9.94. The van der Waals surface area contributed by atoms with E-state index in [1.54, 1.807) is 0 Å². The molecule has 130 valence electrons. The topological polar surface area (TPSA) is 37.0 Å². The normalized spacial score (nSPS) is 17.0. The lowest BCUT2D eigenvalue weighted by Gasteiger charge is -2.25. The first-order valence-electron chi connectivity index (χ1n) is 9.39. The molecular formula is C22H26N2O. The van der Waals surface area contributed by atoms with Crippen LogP contribution in [0.25, 0.3) is 10.9 Å². The van der Waals surface area contributed by atoms with Crippen molar-refractivity contribution in [2.75, 3.05) is 6.54 Å². The maximum absolute atomic E-state index is 6.04. The Morgan fingerprint density at radius 1 is 1.04 bits per heavy atom. The van der Waals surface area contributed by atoms with Crippen molar-refractivity contribution < 1.29 is 4.74 Å². The molecule has 0 fully saturated rings. The number of nitrogens with one attached hydrogen (secondary N) is 2. The first-order chi connectivity index (χ1) is 12.3. The van der Waals surface area contributed by atoms with Crippen LogP contribution in [0.4, 0.5) is 0 Å². The molecule has 1 aromatic heterocycles. The summed E-state index contributed by atoms with van der Waals surface area (Å²) in [6.45, 7) is 5.35. The second-order valence-electron chi connectivity index (χ2n) is 6.83. The number of benzene rings is 2. The van der Waals surface area contributed by atoms with Crippen molar-refractivity contribution in [2.24, 2.45) is 0 Å². The second-order valence-corrected chi connectivity index (χ2v) is 6.83. The molecule has 0 amide bonds. The largest absolute Gasteiger partial charge is 0.490 e. The molecule has 1 aliphatic heterocycles. The van der Waals surface area contributed by atoms with E-state index in [4.69, 9.17) is 4.74 Å². The van der Waals surface area contributed by atoms with Crippen LogP contribution in [-0.4, -0.2) is 17.6 Å². The van der Waals surface area contributed by atoms with E-state index in [-0.39, 0.29) is 6.04 Å². The van der Waals surface area contributed by atoms with Crippen molar-refractivity contribution in [3.8, 4) is 5.75 Å². The van der Waals surface area contributed by atoms with Crippen molar-refractivity contribution in [3.05, 3.63) is 65.4 Å². The molecule has 0 radical (unpaired) electrons. The third-order valence-electron chi connectivity index (χ3n) is 5.29. The zero-order valence-corrected chi connectivity index (χ0v) is 15.0. The summed E-state index contributed by atoms with van der Waals surface area (Å²) in [4.78, 5) is 3.64. The summed E-state index contributed by atoms with van der Waals surface area (Å²) in [5.74, 6) is 0.963. The highest BCUT2D eigenvalue weighted by Gasteiger charge is 2.25. The SMILES string of the molecule is CCC(CC)Oc1ccc([C@@H]2NCCc3c2[nH]c2ccccc32)cc1. The number of aromatic amines is 1. The Bertz CT molecular complexity index is 846. The Morgan fingerprint density at radius 3 is 2.56 bits per heavy atom. The summed E-state index contributed by atoms with van der Waals surface area (Å²) in [6, 6.07) is 17.4. The molecule has 2 N–H and O–H groups in total. The summed E-state index contributed by atoms with van der Waals surface area (Å²) < 4.78 is 6.04. The molecule has 2 aromatic carbocycles. The molecule has 2 heterocycles. The van der Waals surface area contributed by atoms with Crippen LogP contribution in [0.5, 0.6) is 5.75 Å². The summed E-state index contributed by atoms with van der Waals surface area (Å²) in [6.07, 6.45) is 3.46. The van der Waals surface area contributed by atoms with Crippen molar-refractivity contribution in [1.29, 1.82) is 0 Å². The van der Waals surface area contributed by atoms with E-state index in [2.05, 4.69) is 72.7 Å².